The molecule has 5 nitrogen and oxygen atoms in total. The third-order valence-electron chi connectivity index (χ3n) is 6.14. The van der Waals surface area contributed by atoms with Gasteiger partial charge in [0.25, 0.3) is 0 Å². The number of benzene rings is 2. The van der Waals surface area contributed by atoms with Crippen molar-refractivity contribution in [3.05, 3.63) is 48.0 Å². The number of nitrogens with zero attached hydrogens (tertiary/aromatic N) is 2. The highest BCUT2D eigenvalue weighted by Gasteiger charge is 2.24. The van der Waals surface area contributed by atoms with Gasteiger partial charge in [-0.2, -0.15) is 0 Å². The van der Waals surface area contributed by atoms with E-state index in [1.165, 1.54) is 17.7 Å². The summed E-state index contributed by atoms with van der Waals surface area (Å²) < 4.78 is 17.2. The molecule has 0 bridgehead atoms. The SMILES string of the molecule is c1ccc2c(c1)OCCC2CCN1CCN(c2ccc3c(c2)OCCO3)CC1. The molecule has 0 saturated carbocycles. The van der Waals surface area contributed by atoms with Crippen LogP contribution in [-0.2, 0) is 0 Å². The first-order valence-electron chi connectivity index (χ1n) is 10.5. The number of anilines is 1. The van der Waals surface area contributed by atoms with E-state index in [-0.39, 0.29) is 0 Å². The molecule has 3 aliphatic rings. The Morgan fingerprint density at radius 3 is 2.46 bits per heavy atom. The quantitative estimate of drug-likeness (QED) is 0.811. The van der Waals surface area contributed by atoms with Crippen LogP contribution in [0, 0.1) is 0 Å². The molecule has 1 fully saturated rings. The molecule has 1 atom stereocenters. The van der Waals surface area contributed by atoms with Crippen molar-refractivity contribution in [1.29, 1.82) is 0 Å². The normalized spacial score (nSPS) is 21.7. The fourth-order valence-electron chi connectivity index (χ4n) is 4.51. The molecule has 5 heteroatoms. The minimum atomic E-state index is 0.626. The lowest BCUT2D eigenvalue weighted by Gasteiger charge is -2.37. The summed E-state index contributed by atoms with van der Waals surface area (Å²) in [5, 5.41) is 0. The summed E-state index contributed by atoms with van der Waals surface area (Å²) in [6.07, 6.45) is 2.35. The van der Waals surface area contributed by atoms with E-state index >= 15 is 0 Å². The molecule has 5 rings (SSSR count). The van der Waals surface area contributed by atoms with Gasteiger partial charge < -0.3 is 19.1 Å². The van der Waals surface area contributed by atoms with Crippen molar-refractivity contribution >= 4 is 5.69 Å². The summed E-state index contributed by atoms with van der Waals surface area (Å²) in [4.78, 5) is 5.06. The molecule has 0 amide bonds. The molecule has 1 unspecified atom stereocenters. The third-order valence-corrected chi connectivity index (χ3v) is 6.14. The molecule has 0 aliphatic carbocycles. The van der Waals surface area contributed by atoms with Gasteiger partial charge in [0.05, 0.1) is 6.61 Å². The second-order valence-corrected chi connectivity index (χ2v) is 7.82. The lowest BCUT2D eigenvalue weighted by Crippen LogP contribution is -2.46. The van der Waals surface area contributed by atoms with E-state index in [1.807, 2.05) is 6.07 Å². The van der Waals surface area contributed by atoms with Crippen LogP contribution >= 0.6 is 0 Å². The molecule has 3 aliphatic heterocycles. The lowest BCUT2D eigenvalue weighted by molar-refractivity contribution is 0.171. The van der Waals surface area contributed by atoms with E-state index in [1.54, 1.807) is 0 Å². The molecule has 148 valence electrons. The molecule has 0 spiro atoms. The van der Waals surface area contributed by atoms with E-state index in [2.05, 4.69) is 46.2 Å². The lowest BCUT2D eigenvalue weighted by atomic mass is 9.90. The van der Waals surface area contributed by atoms with Crippen molar-refractivity contribution in [2.24, 2.45) is 0 Å². The van der Waals surface area contributed by atoms with Crippen molar-refractivity contribution < 1.29 is 14.2 Å². The molecule has 2 aromatic carbocycles. The molecule has 0 radical (unpaired) electrons. The number of ether oxygens (including phenoxy) is 3. The highest BCUT2D eigenvalue weighted by atomic mass is 16.6. The second-order valence-electron chi connectivity index (χ2n) is 7.82. The molecule has 2 aromatic rings. The Morgan fingerprint density at radius 2 is 1.57 bits per heavy atom. The Balaban J connectivity index is 1.15. The van der Waals surface area contributed by atoms with Gasteiger partial charge in [0, 0.05) is 37.9 Å². The van der Waals surface area contributed by atoms with Crippen LogP contribution in [0.15, 0.2) is 42.5 Å². The van der Waals surface area contributed by atoms with Gasteiger partial charge in [0.2, 0.25) is 0 Å². The third kappa shape index (κ3) is 3.63. The highest BCUT2D eigenvalue weighted by Crippen LogP contribution is 2.36. The van der Waals surface area contributed by atoms with E-state index in [4.69, 9.17) is 14.2 Å². The number of fused-ring (bicyclic) bond motifs is 2. The number of piperazine rings is 1. The van der Waals surface area contributed by atoms with Crippen molar-refractivity contribution in [2.75, 3.05) is 57.4 Å². The zero-order valence-electron chi connectivity index (χ0n) is 16.3. The van der Waals surface area contributed by atoms with Crippen molar-refractivity contribution in [3.63, 3.8) is 0 Å². The zero-order valence-corrected chi connectivity index (χ0v) is 16.3. The van der Waals surface area contributed by atoms with Crippen molar-refractivity contribution in [3.8, 4) is 17.2 Å². The van der Waals surface area contributed by atoms with Gasteiger partial charge >= 0.3 is 0 Å². The monoisotopic (exact) mass is 380 g/mol. The average molecular weight is 380 g/mol. The first-order chi connectivity index (χ1) is 13.9. The smallest absolute Gasteiger partial charge is 0.163 e. The van der Waals surface area contributed by atoms with Gasteiger partial charge in [-0.05, 0) is 49.1 Å². The Hall–Kier alpha value is -2.40. The predicted molar refractivity (Wildman–Crippen MR) is 110 cm³/mol. The van der Waals surface area contributed by atoms with Crippen LogP contribution in [0.5, 0.6) is 17.2 Å². The summed E-state index contributed by atoms with van der Waals surface area (Å²) in [6, 6.07) is 14.9. The molecular weight excluding hydrogens is 352 g/mol. The van der Waals surface area contributed by atoms with Gasteiger partial charge in [-0.1, -0.05) is 18.2 Å². The average Bonchev–Trinajstić information content (AvgIpc) is 2.77. The Bertz CT molecular complexity index is 817. The van der Waals surface area contributed by atoms with Crippen LogP contribution in [0.2, 0.25) is 0 Å². The van der Waals surface area contributed by atoms with Crippen molar-refractivity contribution in [2.45, 2.75) is 18.8 Å². The van der Waals surface area contributed by atoms with E-state index in [0.29, 0.717) is 19.1 Å². The number of hydrogen-bond acceptors (Lipinski definition) is 5. The summed E-state index contributed by atoms with van der Waals surface area (Å²) in [5.74, 6) is 3.46. The minimum absolute atomic E-state index is 0.626. The zero-order chi connectivity index (χ0) is 18.8. The Labute approximate surface area is 166 Å². The van der Waals surface area contributed by atoms with Gasteiger partial charge in [0.1, 0.15) is 19.0 Å². The van der Waals surface area contributed by atoms with Crippen LogP contribution in [0.4, 0.5) is 5.69 Å². The maximum atomic E-state index is 5.81. The van der Waals surface area contributed by atoms with Crippen LogP contribution < -0.4 is 19.1 Å². The first kappa shape index (κ1) is 17.7. The number of rotatable bonds is 4. The number of hydrogen-bond donors (Lipinski definition) is 0. The van der Waals surface area contributed by atoms with Crippen LogP contribution in [-0.4, -0.2) is 57.4 Å². The van der Waals surface area contributed by atoms with Gasteiger partial charge in [0.15, 0.2) is 11.5 Å². The highest BCUT2D eigenvalue weighted by molar-refractivity contribution is 5.57. The second kappa shape index (κ2) is 7.92. The van der Waals surface area contributed by atoms with Gasteiger partial charge in [-0.25, -0.2) is 0 Å². The fourth-order valence-corrected chi connectivity index (χ4v) is 4.51. The summed E-state index contributed by atoms with van der Waals surface area (Å²) in [6.45, 7) is 7.63. The molecular formula is C23H28N2O3. The summed E-state index contributed by atoms with van der Waals surface area (Å²) >= 11 is 0. The minimum Gasteiger partial charge on any atom is -0.493 e. The topological polar surface area (TPSA) is 34.2 Å². The maximum absolute atomic E-state index is 5.81. The largest absolute Gasteiger partial charge is 0.493 e. The van der Waals surface area contributed by atoms with Crippen LogP contribution in [0.25, 0.3) is 0 Å². The van der Waals surface area contributed by atoms with Crippen LogP contribution in [0.3, 0.4) is 0 Å². The molecule has 3 heterocycles. The molecule has 28 heavy (non-hydrogen) atoms. The fraction of sp³-hybridized carbons (Fsp3) is 0.478. The molecule has 0 N–H and O–H groups in total. The van der Waals surface area contributed by atoms with E-state index < -0.39 is 0 Å². The van der Waals surface area contributed by atoms with Crippen LogP contribution in [0.1, 0.15) is 24.3 Å². The maximum Gasteiger partial charge on any atom is 0.163 e. The summed E-state index contributed by atoms with van der Waals surface area (Å²) in [7, 11) is 0. The van der Waals surface area contributed by atoms with E-state index in [0.717, 1.165) is 63.0 Å². The van der Waals surface area contributed by atoms with Crippen molar-refractivity contribution in [1.82, 2.24) is 4.90 Å². The van der Waals surface area contributed by atoms with Gasteiger partial charge in [-0.15, -0.1) is 0 Å². The van der Waals surface area contributed by atoms with Gasteiger partial charge in [-0.3, -0.25) is 4.90 Å². The Kier molecular flexibility index (Phi) is 5.00. The summed E-state index contributed by atoms with van der Waals surface area (Å²) in [5.41, 5.74) is 2.63. The van der Waals surface area contributed by atoms with E-state index in [9.17, 15) is 0 Å². The first-order valence-corrected chi connectivity index (χ1v) is 10.5. The predicted octanol–water partition coefficient (Wildman–Crippen LogP) is 3.54. The molecule has 0 aromatic heterocycles. The Morgan fingerprint density at radius 1 is 0.786 bits per heavy atom. The molecule has 1 saturated heterocycles. The standard InChI is InChI=1S/C23H28N2O3/c1-2-4-21-20(3-1)18(8-14-26-21)7-9-24-10-12-25(13-11-24)19-5-6-22-23(17-19)28-16-15-27-22/h1-6,17-18H,7-16H2. The number of para-hydroxylation sites is 1.